The summed E-state index contributed by atoms with van der Waals surface area (Å²) in [7, 11) is 1.69. The molecule has 2 amide bonds. The fraction of sp³-hybridized carbons (Fsp3) is 0.278. The molecule has 3 aromatic rings. The number of fused-ring (bicyclic) bond motifs is 1. The maximum absolute atomic E-state index is 12.4. The van der Waals surface area contributed by atoms with Crippen molar-refractivity contribution >= 4 is 34.2 Å². The van der Waals surface area contributed by atoms with Crippen LogP contribution in [-0.2, 0) is 23.2 Å². The van der Waals surface area contributed by atoms with E-state index in [9.17, 15) is 14.4 Å². The van der Waals surface area contributed by atoms with Gasteiger partial charge in [0.2, 0.25) is 11.8 Å². The summed E-state index contributed by atoms with van der Waals surface area (Å²) in [6.45, 7) is 3.45. The molecule has 140 valence electrons. The van der Waals surface area contributed by atoms with Gasteiger partial charge in [-0.25, -0.2) is 4.98 Å². The van der Waals surface area contributed by atoms with Gasteiger partial charge in [-0.2, -0.15) is 5.10 Å². The van der Waals surface area contributed by atoms with Crippen molar-refractivity contribution in [2.24, 2.45) is 13.0 Å². The second kappa shape index (κ2) is 7.40. The van der Waals surface area contributed by atoms with E-state index in [1.54, 1.807) is 31.3 Å². The van der Waals surface area contributed by atoms with E-state index < -0.39 is 0 Å². The summed E-state index contributed by atoms with van der Waals surface area (Å²) < 4.78 is 2.73. The normalized spacial score (nSPS) is 11.0. The average Bonchev–Trinajstić information content (AvgIpc) is 3.01. The Morgan fingerprint density at radius 2 is 1.74 bits per heavy atom. The lowest BCUT2D eigenvalue weighted by molar-refractivity contribution is -0.119. The fourth-order valence-electron chi connectivity index (χ4n) is 2.46. The summed E-state index contributed by atoms with van der Waals surface area (Å²) in [6, 6.07) is 6.76. The molecule has 0 atom stereocenters. The van der Waals surface area contributed by atoms with Gasteiger partial charge in [-0.05, 0) is 24.3 Å². The Bertz CT molecular complexity index is 1050. The molecule has 9 nitrogen and oxygen atoms in total. The molecule has 0 saturated heterocycles. The van der Waals surface area contributed by atoms with Gasteiger partial charge in [-0.3, -0.25) is 23.6 Å². The van der Waals surface area contributed by atoms with E-state index >= 15 is 0 Å². The minimum absolute atomic E-state index is 0.0792. The van der Waals surface area contributed by atoms with Crippen LogP contribution in [0.5, 0.6) is 0 Å². The second-order valence-electron chi connectivity index (χ2n) is 6.45. The van der Waals surface area contributed by atoms with Crippen molar-refractivity contribution in [1.29, 1.82) is 0 Å². The molecule has 2 heterocycles. The third kappa shape index (κ3) is 4.02. The molecule has 9 heteroatoms. The number of nitrogens with zero attached hydrogens (tertiary/aromatic N) is 4. The van der Waals surface area contributed by atoms with Gasteiger partial charge in [-0.15, -0.1) is 0 Å². The van der Waals surface area contributed by atoms with Crippen molar-refractivity contribution in [2.45, 2.75) is 20.4 Å². The first-order valence-electron chi connectivity index (χ1n) is 8.43. The lowest BCUT2D eigenvalue weighted by atomic mass is 10.2. The number of carbonyl (C=O) groups excluding carboxylic acids is 2. The van der Waals surface area contributed by atoms with Crippen molar-refractivity contribution in [1.82, 2.24) is 19.3 Å². The molecule has 2 N–H and O–H groups in total. The first-order chi connectivity index (χ1) is 12.8. The molecule has 0 fully saturated rings. The zero-order valence-electron chi connectivity index (χ0n) is 15.3. The topological polar surface area (TPSA) is 111 Å². The van der Waals surface area contributed by atoms with Gasteiger partial charge < -0.3 is 10.6 Å². The highest BCUT2D eigenvalue weighted by Gasteiger charge is 2.11. The highest BCUT2D eigenvalue weighted by Crippen LogP contribution is 2.14. The third-order valence-electron chi connectivity index (χ3n) is 3.99. The van der Waals surface area contributed by atoms with E-state index in [0.717, 1.165) is 0 Å². The molecule has 0 aliphatic carbocycles. The van der Waals surface area contributed by atoms with Crippen molar-refractivity contribution in [3.63, 3.8) is 0 Å². The minimum atomic E-state index is -0.360. The van der Waals surface area contributed by atoms with Crippen LogP contribution >= 0.6 is 0 Å². The first kappa shape index (κ1) is 18.3. The molecular formula is C18H20N6O3. The quantitative estimate of drug-likeness (QED) is 0.706. The van der Waals surface area contributed by atoms with E-state index in [2.05, 4.69) is 20.7 Å². The van der Waals surface area contributed by atoms with E-state index in [1.165, 1.54) is 21.8 Å². The number of benzene rings is 1. The van der Waals surface area contributed by atoms with Gasteiger partial charge in [-0.1, -0.05) is 13.8 Å². The predicted molar refractivity (Wildman–Crippen MR) is 101 cm³/mol. The molecule has 0 bridgehead atoms. The Morgan fingerprint density at radius 1 is 1.11 bits per heavy atom. The summed E-state index contributed by atoms with van der Waals surface area (Å²) in [4.78, 5) is 40.5. The maximum Gasteiger partial charge on any atom is 0.264 e. The van der Waals surface area contributed by atoms with Crippen molar-refractivity contribution < 1.29 is 9.59 Å². The highest BCUT2D eigenvalue weighted by molar-refractivity contribution is 5.93. The van der Waals surface area contributed by atoms with E-state index in [0.29, 0.717) is 22.4 Å². The van der Waals surface area contributed by atoms with Crippen molar-refractivity contribution in [3.05, 3.63) is 47.1 Å². The zero-order valence-corrected chi connectivity index (χ0v) is 15.3. The Balaban J connectivity index is 1.67. The van der Waals surface area contributed by atoms with Crippen LogP contribution < -0.4 is 16.2 Å². The van der Waals surface area contributed by atoms with Gasteiger partial charge in [0.1, 0.15) is 18.3 Å². The molecule has 0 aliphatic heterocycles. The third-order valence-corrected chi connectivity index (χ3v) is 3.99. The van der Waals surface area contributed by atoms with Gasteiger partial charge in [0.25, 0.3) is 5.56 Å². The molecule has 0 unspecified atom stereocenters. The van der Waals surface area contributed by atoms with Gasteiger partial charge >= 0.3 is 0 Å². The first-order valence-corrected chi connectivity index (χ1v) is 8.43. The molecule has 0 aliphatic rings. The Kier molecular flexibility index (Phi) is 5.02. The van der Waals surface area contributed by atoms with E-state index in [1.807, 2.05) is 13.8 Å². The number of rotatable bonds is 5. The lowest BCUT2D eigenvalue weighted by Crippen LogP contribution is -2.27. The summed E-state index contributed by atoms with van der Waals surface area (Å²) in [6.07, 6.45) is 2.76. The summed E-state index contributed by atoms with van der Waals surface area (Å²) in [5.74, 6) is -0.556. The monoisotopic (exact) mass is 368 g/mol. The van der Waals surface area contributed by atoms with E-state index in [-0.39, 0.29) is 29.8 Å². The Hall–Kier alpha value is -3.49. The molecular weight excluding hydrogens is 348 g/mol. The maximum atomic E-state index is 12.4. The number of nitrogens with one attached hydrogen (secondary N) is 2. The highest BCUT2D eigenvalue weighted by atomic mass is 16.2. The molecule has 2 aromatic heterocycles. The summed E-state index contributed by atoms with van der Waals surface area (Å²) >= 11 is 0. The average molecular weight is 368 g/mol. The van der Waals surface area contributed by atoms with E-state index in [4.69, 9.17) is 0 Å². The van der Waals surface area contributed by atoms with Crippen molar-refractivity contribution in [2.75, 3.05) is 10.6 Å². The number of anilines is 2. The largest absolute Gasteiger partial charge is 0.326 e. The number of hydrogen-bond donors (Lipinski definition) is 2. The Morgan fingerprint density at radius 3 is 2.37 bits per heavy atom. The van der Waals surface area contributed by atoms with Crippen LogP contribution in [0.4, 0.5) is 11.4 Å². The fourth-order valence-corrected chi connectivity index (χ4v) is 2.46. The summed E-state index contributed by atoms with van der Waals surface area (Å²) in [5, 5.41) is 9.84. The molecule has 0 spiro atoms. The summed E-state index contributed by atoms with van der Waals surface area (Å²) in [5.41, 5.74) is 1.35. The van der Waals surface area contributed by atoms with Gasteiger partial charge in [0.15, 0.2) is 5.65 Å². The molecule has 3 rings (SSSR count). The van der Waals surface area contributed by atoms with Crippen molar-refractivity contribution in [3.8, 4) is 0 Å². The van der Waals surface area contributed by atoms with Crippen LogP contribution in [-0.4, -0.2) is 31.1 Å². The SMILES string of the molecule is CC(C)C(=O)Nc1ccc(NC(=O)Cn2cnc3c(cnn3C)c2=O)cc1. The Labute approximate surface area is 155 Å². The van der Waals surface area contributed by atoms with Crippen LogP contribution in [0.3, 0.4) is 0 Å². The number of aromatic nitrogens is 4. The van der Waals surface area contributed by atoms with Gasteiger partial charge in [0, 0.05) is 24.3 Å². The second-order valence-corrected chi connectivity index (χ2v) is 6.45. The zero-order chi connectivity index (χ0) is 19.6. The van der Waals surface area contributed by atoms with Gasteiger partial charge in [0.05, 0.1) is 6.20 Å². The predicted octanol–water partition coefficient (Wildman–Crippen LogP) is 1.36. The lowest BCUT2D eigenvalue weighted by Gasteiger charge is -2.10. The van der Waals surface area contributed by atoms with Crippen LogP contribution in [0, 0.1) is 5.92 Å². The minimum Gasteiger partial charge on any atom is -0.326 e. The van der Waals surface area contributed by atoms with Crippen LogP contribution in [0.15, 0.2) is 41.6 Å². The number of hydrogen-bond acceptors (Lipinski definition) is 5. The molecule has 0 radical (unpaired) electrons. The number of amides is 2. The molecule has 27 heavy (non-hydrogen) atoms. The smallest absolute Gasteiger partial charge is 0.264 e. The molecule has 0 saturated carbocycles. The molecule has 1 aromatic carbocycles. The number of aryl methyl sites for hydroxylation is 1. The van der Waals surface area contributed by atoms with Crippen LogP contribution in [0.1, 0.15) is 13.8 Å². The van der Waals surface area contributed by atoms with Crippen LogP contribution in [0.25, 0.3) is 11.0 Å². The standard InChI is InChI=1S/C18H20N6O3/c1-11(2)17(26)22-13-6-4-12(5-7-13)21-15(25)9-24-10-19-16-14(18(24)27)8-20-23(16)3/h4-8,10-11H,9H2,1-3H3,(H,21,25)(H,22,26). The number of carbonyl (C=O) groups is 2. The van der Waals surface area contributed by atoms with Crippen LogP contribution in [0.2, 0.25) is 0 Å².